The highest BCUT2D eigenvalue weighted by molar-refractivity contribution is 5.90. The van der Waals surface area contributed by atoms with Crippen molar-refractivity contribution in [2.45, 2.75) is 20.4 Å². The second kappa shape index (κ2) is 5.95. The molecule has 1 N–H and O–H groups in total. The number of anilines is 1. The lowest BCUT2D eigenvalue weighted by molar-refractivity contribution is 0.0599. The molecule has 1 aromatic heterocycles. The SMILES string of the molecule is COC(=O)c1cc(CNc2c(F)ccc(C)c2F)oc1C. The molecule has 0 bridgehead atoms. The summed E-state index contributed by atoms with van der Waals surface area (Å²) in [6, 6.07) is 4.04. The van der Waals surface area contributed by atoms with Crippen molar-refractivity contribution in [3.05, 3.63) is 52.5 Å². The first-order valence-corrected chi connectivity index (χ1v) is 6.30. The van der Waals surface area contributed by atoms with E-state index < -0.39 is 17.6 Å². The molecular weight excluding hydrogens is 280 g/mol. The van der Waals surface area contributed by atoms with Crippen LogP contribution >= 0.6 is 0 Å². The van der Waals surface area contributed by atoms with E-state index in [-0.39, 0.29) is 12.2 Å². The smallest absolute Gasteiger partial charge is 0.341 e. The molecule has 1 aromatic carbocycles. The van der Waals surface area contributed by atoms with Gasteiger partial charge in [-0.25, -0.2) is 13.6 Å². The number of ether oxygens (including phenoxy) is 1. The summed E-state index contributed by atoms with van der Waals surface area (Å²) in [6.07, 6.45) is 0. The van der Waals surface area contributed by atoms with Crippen LogP contribution < -0.4 is 5.32 Å². The van der Waals surface area contributed by atoms with Gasteiger partial charge in [-0.3, -0.25) is 0 Å². The third-order valence-electron chi connectivity index (χ3n) is 3.10. The molecule has 0 fully saturated rings. The molecule has 0 aliphatic heterocycles. The van der Waals surface area contributed by atoms with Gasteiger partial charge in [0.15, 0.2) is 5.82 Å². The number of hydrogen-bond donors (Lipinski definition) is 1. The van der Waals surface area contributed by atoms with Gasteiger partial charge in [-0.2, -0.15) is 0 Å². The molecule has 2 rings (SSSR count). The topological polar surface area (TPSA) is 51.5 Å². The fourth-order valence-corrected chi connectivity index (χ4v) is 1.94. The molecule has 21 heavy (non-hydrogen) atoms. The van der Waals surface area contributed by atoms with Gasteiger partial charge in [0, 0.05) is 0 Å². The Balaban J connectivity index is 2.18. The molecule has 0 saturated heterocycles. The Kier molecular flexibility index (Phi) is 4.26. The highest BCUT2D eigenvalue weighted by Crippen LogP contribution is 2.23. The Morgan fingerprint density at radius 2 is 2.05 bits per heavy atom. The summed E-state index contributed by atoms with van der Waals surface area (Å²) in [5.41, 5.74) is 0.410. The minimum Gasteiger partial charge on any atom is -0.465 e. The summed E-state index contributed by atoms with van der Waals surface area (Å²) >= 11 is 0. The van der Waals surface area contributed by atoms with Crippen molar-refractivity contribution in [3.63, 3.8) is 0 Å². The minimum absolute atomic E-state index is 0.0507. The van der Waals surface area contributed by atoms with Crippen molar-refractivity contribution in [2.75, 3.05) is 12.4 Å². The molecule has 0 aliphatic rings. The average molecular weight is 295 g/mol. The van der Waals surface area contributed by atoms with Gasteiger partial charge in [-0.05, 0) is 31.5 Å². The first kappa shape index (κ1) is 15.0. The van der Waals surface area contributed by atoms with Gasteiger partial charge in [-0.15, -0.1) is 0 Å². The number of esters is 1. The summed E-state index contributed by atoms with van der Waals surface area (Å²) in [7, 11) is 1.27. The van der Waals surface area contributed by atoms with Gasteiger partial charge in [-0.1, -0.05) is 6.07 Å². The molecule has 6 heteroatoms. The number of halogens is 2. The first-order valence-electron chi connectivity index (χ1n) is 6.30. The summed E-state index contributed by atoms with van der Waals surface area (Å²) in [4.78, 5) is 11.5. The van der Waals surface area contributed by atoms with E-state index >= 15 is 0 Å². The van der Waals surface area contributed by atoms with Gasteiger partial charge in [0.2, 0.25) is 0 Å². The zero-order valence-corrected chi connectivity index (χ0v) is 11.9. The van der Waals surface area contributed by atoms with Crippen LogP contribution in [0, 0.1) is 25.5 Å². The van der Waals surface area contributed by atoms with Gasteiger partial charge < -0.3 is 14.5 Å². The molecule has 0 unspecified atom stereocenters. The van der Waals surface area contributed by atoms with Crippen LogP contribution in [0.2, 0.25) is 0 Å². The van der Waals surface area contributed by atoms with Gasteiger partial charge in [0.25, 0.3) is 0 Å². The van der Waals surface area contributed by atoms with E-state index in [1.807, 2.05) is 0 Å². The van der Waals surface area contributed by atoms with E-state index in [1.54, 1.807) is 13.8 Å². The molecule has 112 valence electrons. The maximum atomic E-state index is 13.8. The van der Waals surface area contributed by atoms with E-state index in [0.717, 1.165) is 0 Å². The standard InChI is InChI=1S/C15H15F2NO3/c1-8-4-5-12(16)14(13(8)17)18-7-10-6-11(9(2)21-10)15(19)20-3/h4-6,18H,7H2,1-3H3. The Morgan fingerprint density at radius 3 is 2.71 bits per heavy atom. The summed E-state index contributed by atoms with van der Waals surface area (Å²) in [5.74, 6) is -1.08. The predicted octanol–water partition coefficient (Wildman–Crippen LogP) is 3.57. The predicted molar refractivity (Wildman–Crippen MR) is 73.2 cm³/mol. The quantitative estimate of drug-likeness (QED) is 0.876. The fourth-order valence-electron chi connectivity index (χ4n) is 1.94. The van der Waals surface area contributed by atoms with Gasteiger partial charge in [0.05, 0.1) is 13.7 Å². The van der Waals surface area contributed by atoms with Crippen molar-refractivity contribution in [1.82, 2.24) is 0 Å². The molecular formula is C15H15F2NO3. The number of furan rings is 1. The lowest BCUT2D eigenvalue weighted by Crippen LogP contribution is -2.04. The van der Waals surface area contributed by atoms with Gasteiger partial charge >= 0.3 is 5.97 Å². The van der Waals surface area contributed by atoms with Crippen LogP contribution in [0.15, 0.2) is 22.6 Å². The van der Waals surface area contributed by atoms with Crippen LogP contribution in [0.4, 0.5) is 14.5 Å². The Labute approximate surface area is 120 Å². The number of carbonyl (C=O) groups is 1. The van der Waals surface area contributed by atoms with Crippen molar-refractivity contribution in [2.24, 2.45) is 0 Å². The second-order valence-electron chi connectivity index (χ2n) is 4.58. The molecule has 0 amide bonds. The van der Waals surface area contributed by atoms with Crippen LogP contribution in [0.25, 0.3) is 0 Å². The highest BCUT2D eigenvalue weighted by Gasteiger charge is 2.16. The number of rotatable bonds is 4. The fraction of sp³-hybridized carbons (Fsp3) is 0.267. The van der Waals surface area contributed by atoms with E-state index in [2.05, 4.69) is 10.1 Å². The summed E-state index contributed by atoms with van der Waals surface area (Å²) < 4.78 is 37.4. The summed E-state index contributed by atoms with van der Waals surface area (Å²) in [6.45, 7) is 3.21. The van der Waals surface area contributed by atoms with Crippen LogP contribution in [0.5, 0.6) is 0 Å². The van der Waals surface area contributed by atoms with Crippen LogP contribution in [-0.4, -0.2) is 13.1 Å². The van der Waals surface area contributed by atoms with E-state index in [9.17, 15) is 13.6 Å². The zero-order chi connectivity index (χ0) is 15.6. The number of aryl methyl sites for hydroxylation is 2. The Hall–Kier alpha value is -2.37. The molecule has 4 nitrogen and oxygen atoms in total. The Bertz CT molecular complexity index is 680. The molecule has 1 heterocycles. The number of benzene rings is 1. The highest BCUT2D eigenvalue weighted by atomic mass is 19.1. The second-order valence-corrected chi connectivity index (χ2v) is 4.58. The van der Waals surface area contributed by atoms with E-state index in [1.165, 1.54) is 25.3 Å². The minimum atomic E-state index is -0.686. The number of carbonyl (C=O) groups excluding carboxylic acids is 1. The number of nitrogens with one attached hydrogen (secondary N) is 1. The van der Waals surface area contributed by atoms with Crippen molar-refractivity contribution in [1.29, 1.82) is 0 Å². The van der Waals surface area contributed by atoms with Crippen LogP contribution in [0.1, 0.15) is 27.4 Å². The average Bonchev–Trinajstić information content (AvgIpc) is 2.83. The van der Waals surface area contributed by atoms with Crippen molar-refractivity contribution < 1.29 is 22.7 Å². The largest absolute Gasteiger partial charge is 0.465 e. The molecule has 0 saturated carbocycles. The van der Waals surface area contributed by atoms with E-state index in [0.29, 0.717) is 22.6 Å². The van der Waals surface area contributed by atoms with Crippen LogP contribution in [0.3, 0.4) is 0 Å². The molecule has 0 spiro atoms. The monoisotopic (exact) mass is 295 g/mol. The van der Waals surface area contributed by atoms with Crippen molar-refractivity contribution in [3.8, 4) is 0 Å². The molecule has 0 aliphatic carbocycles. The van der Waals surface area contributed by atoms with Crippen molar-refractivity contribution >= 4 is 11.7 Å². The zero-order valence-electron chi connectivity index (χ0n) is 11.9. The van der Waals surface area contributed by atoms with Crippen LogP contribution in [-0.2, 0) is 11.3 Å². The number of methoxy groups -OCH3 is 1. The first-order chi connectivity index (χ1) is 9.93. The van der Waals surface area contributed by atoms with E-state index in [4.69, 9.17) is 4.42 Å². The molecule has 0 radical (unpaired) electrons. The number of hydrogen-bond acceptors (Lipinski definition) is 4. The Morgan fingerprint density at radius 1 is 1.33 bits per heavy atom. The lowest BCUT2D eigenvalue weighted by Gasteiger charge is -2.08. The molecule has 2 aromatic rings. The maximum Gasteiger partial charge on any atom is 0.341 e. The molecule has 0 atom stereocenters. The summed E-state index contributed by atoms with van der Waals surface area (Å²) in [5, 5.41) is 2.64. The third-order valence-corrected chi connectivity index (χ3v) is 3.10. The van der Waals surface area contributed by atoms with Gasteiger partial charge in [0.1, 0.15) is 28.6 Å². The maximum absolute atomic E-state index is 13.8. The third kappa shape index (κ3) is 3.04. The lowest BCUT2D eigenvalue weighted by atomic mass is 10.2. The normalized spacial score (nSPS) is 10.5.